The third-order valence-corrected chi connectivity index (χ3v) is 3.50. The molecule has 1 atom stereocenters. The number of nitrogens with one attached hydrogen (secondary N) is 2. The number of aromatic nitrogens is 1. The van der Waals surface area contributed by atoms with E-state index in [1.807, 2.05) is 20.8 Å². The quantitative estimate of drug-likeness (QED) is 0.742. The minimum atomic E-state index is -1.02. The van der Waals surface area contributed by atoms with E-state index >= 15 is 0 Å². The van der Waals surface area contributed by atoms with Crippen LogP contribution in [-0.4, -0.2) is 28.1 Å². The molecule has 1 rings (SSSR count). The highest BCUT2D eigenvalue weighted by atomic mass is 32.1. The van der Waals surface area contributed by atoms with E-state index in [1.54, 1.807) is 5.51 Å². The first-order valence-corrected chi connectivity index (χ1v) is 6.94. The van der Waals surface area contributed by atoms with Gasteiger partial charge in [-0.05, 0) is 19.3 Å². The molecular formula is C12H19N3O3S. The van der Waals surface area contributed by atoms with E-state index in [2.05, 4.69) is 15.6 Å². The van der Waals surface area contributed by atoms with E-state index in [1.165, 1.54) is 11.3 Å². The predicted molar refractivity (Wildman–Crippen MR) is 73.1 cm³/mol. The van der Waals surface area contributed by atoms with Crippen LogP contribution in [0.15, 0.2) is 5.51 Å². The van der Waals surface area contributed by atoms with Crippen LogP contribution in [0.3, 0.4) is 0 Å². The number of thiazole rings is 1. The van der Waals surface area contributed by atoms with Crippen molar-refractivity contribution >= 4 is 23.3 Å². The molecule has 1 aromatic rings. The zero-order chi connectivity index (χ0) is 14.4. The molecule has 0 saturated heterocycles. The van der Waals surface area contributed by atoms with Gasteiger partial charge in [0.05, 0.1) is 17.7 Å². The fourth-order valence-corrected chi connectivity index (χ4v) is 2.28. The molecule has 19 heavy (non-hydrogen) atoms. The van der Waals surface area contributed by atoms with Crippen molar-refractivity contribution in [1.82, 2.24) is 15.6 Å². The van der Waals surface area contributed by atoms with Crippen LogP contribution in [0.4, 0.5) is 4.79 Å². The van der Waals surface area contributed by atoms with Crippen molar-refractivity contribution in [3.05, 3.63) is 16.1 Å². The van der Waals surface area contributed by atoms with Gasteiger partial charge >= 0.3 is 12.0 Å². The summed E-state index contributed by atoms with van der Waals surface area (Å²) in [5.41, 5.74) is 2.59. The summed E-state index contributed by atoms with van der Waals surface area (Å²) in [6.07, 6.45) is 0.405. The van der Waals surface area contributed by atoms with Crippen molar-refractivity contribution in [3.63, 3.8) is 0 Å². The monoisotopic (exact) mass is 285 g/mol. The fraction of sp³-hybridized carbons (Fsp3) is 0.583. The van der Waals surface area contributed by atoms with Crippen LogP contribution >= 0.6 is 11.3 Å². The first kappa shape index (κ1) is 15.4. The molecule has 0 spiro atoms. The van der Waals surface area contributed by atoms with E-state index in [0.717, 1.165) is 10.6 Å². The molecule has 0 bridgehead atoms. The van der Waals surface area contributed by atoms with E-state index < -0.39 is 18.0 Å². The fourth-order valence-electron chi connectivity index (χ4n) is 1.56. The van der Waals surface area contributed by atoms with Crippen LogP contribution in [0.5, 0.6) is 0 Å². The Balaban J connectivity index is 2.45. The predicted octanol–water partition coefficient (Wildman–Crippen LogP) is 1.75. The third-order valence-electron chi connectivity index (χ3n) is 2.56. The number of carbonyl (C=O) groups excluding carboxylic acids is 1. The van der Waals surface area contributed by atoms with Crippen LogP contribution in [0.2, 0.25) is 0 Å². The van der Waals surface area contributed by atoms with Gasteiger partial charge in [-0.25, -0.2) is 14.6 Å². The summed E-state index contributed by atoms with van der Waals surface area (Å²) < 4.78 is 0. The molecule has 106 valence electrons. The molecule has 1 heterocycles. The lowest BCUT2D eigenvalue weighted by molar-refractivity contribution is -0.139. The summed E-state index contributed by atoms with van der Waals surface area (Å²) in [6, 6.07) is -1.33. The highest BCUT2D eigenvalue weighted by Gasteiger charge is 2.20. The summed E-state index contributed by atoms with van der Waals surface area (Å²) in [6.45, 7) is 6.05. The van der Waals surface area contributed by atoms with Crippen molar-refractivity contribution in [1.29, 1.82) is 0 Å². The second-order valence-electron chi connectivity index (χ2n) is 4.71. The Morgan fingerprint density at radius 1 is 1.47 bits per heavy atom. The van der Waals surface area contributed by atoms with Crippen LogP contribution < -0.4 is 10.6 Å². The molecule has 1 aromatic heterocycles. The van der Waals surface area contributed by atoms with Gasteiger partial charge < -0.3 is 15.7 Å². The molecule has 7 heteroatoms. The van der Waals surface area contributed by atoms with Crippen LogP contribution in [-0.2, 0) is 11.3 Å². The second-order valence-corrected chi connectivity index (χ2v) is 5.65. The summed E-state index contributed by atoms with van der Waals surface area (Å²) >= 11 is 1.46. The maximum absolute atomic E-state index is 11.6. The van der Waals surface area contributed by atoms with Gasteiger partial charge in [0.15, 0.2) is 0 Å². The minimum Gasteiger partial charge on any atom is -0.480 e. The van der Waals surface area contributed by atoms with E-state index in [0.29, 0.717) is 13.0 Å². The molecule has 0 saturated carbocycles. The summed E-state index contributed by atoms with van der Waals surface area (Å²) in [4.78, 5) is 27.7. The topological polar surface area (TPSA) is 91.3 Å². The SMILES string of the molecule is Cc1ncsc1CNC(=O)N[C@H](CC(C)C)C(=O)O. The summed E-state index contributed by atoms with van der Waals surface area (Å²) in [5, 5.41) is 14.1. The molecule has 0 fully saturated rings. The van der Waals surface area contributed by atoms with E-state index in [-0.39, 0.29) is 5.92 Å². The number of urea groups is 1. The zero-order valence-electron chi connectivity index (χ0n) is 11.3. The molecule has 3 N–H and O–H groups in total. The maximum Gasteiger partial charge on any atom is 0.326 e. The lowest BCUT2D eigenvalue weighted by Crippen LogP contribution is -2.46. The highest BCUT2D eigenvalue weighted by Crippen LogP contribution is 2.11. The number of hydrogen-bond acceptors (Lipinski definition) is 4. The molecule has 2 amide bonds. The number of aryl methyl sites for hydroxylation is 1. The zero-order valence-corrected chi connectivity index (χ0v) is 12.1. The lowest BCUT2D eigenvalue weighted by Gasteiger charge is -2.16. The van der Waals surface area contributed by atoms with Crippen molar-refractivity contribution in [2.75, 3.05) is 0 Å². The molecule has 0 unspecified atom stereocenters. The molecule has 0 aliphatic carbocycles. The van der Waals surface area contributed by atoms with Crippen molar-refractivity contribution < 1.29 is 14.7 Å². The normalized spacial score (nSPS) is 12.2. The van der Waals surface area contributed by atoms with Gasteiger partial charge in [0.1, 0.15) is 6.04 Å². The summed E-state index contributed by atoms with van der Waals surface area (Å²) in [7, 11) is 0. The van der Waals surface area contributed by atoms with Crippen LogP contribution in [0.25, 0.3) is 0 Å². The molecule has 0 aliphatic rings. The smallest absolute Gasteiger partial charge is 0.326 e. The molecule has 6 nitrogen and oxygen atoms in total. The number of nitrogens with zero attached hydrogens (tertiary/aromatic N) is 1. The van der Waals surface area contributed by atoms with E-state index in [9.17, 15) is 9.59 Å². The Bertz CT molecular complexity index is 445. The van der Waals surface area contributed by atoms with E-state index in [4.69, 9.17) is 5.11 Å². The van der Waals surface area contributed by atoms with Crippen molar-refractivity contribution in [2.24, 2.45) is 5.92 Å². The van der Waals surface area contributed by atoms with Gasteiger partial charge in [0.2, 0.25) is 0 Å². The first-order chi connectivity index (χ1) is 8.90. The Kier molecular flexibility index (Phi) is 5.75. The molecule has 0 aliphatic heterocycles. The average Bonchev–Trinajstić information content (AvgIpc) is 2.70. The van der Waals surface area contributed by atoms with Gasteiger partial charge in [0.25, 0.3) is 0 Å². The minimum absolute atomic E-state index is 0.199. The number of carboxylic acid groups (broad SMARTS) is 1. The Morgan fingerprint density at radius 3 is 2.63 bits per heavy atom. The number of rotatable bonds is 6. The van der Waals surface area contributed by atoms with Crippen LogP contribution in [0.1, 0.15) is 30.8 Å². The Hall–Kier alpha value is -1.63. The second kappa shape index (κ2) is 7.08. The van der Waals surface area contributed by atoms with Gasteiger partial charge in [0, 0.05) is 4.88 Å². The number of aliphatic carboxylic acids is 1. The lowest BCUT2D eigenvalue weighted by atomic mass is 10.0. The first-order valence-electron chi connectivity index (χ1n) is 6.06. The van der Waals surface area contributed by atoms with Gasteiger partial charge in [-0.3, -0.25) is 0 Å². The molecule has 0 radical (unpaired) electrons. The van der Waals surface area contributed by atoms with Gasteiger partial charge in [-0.15, -0.1) is 11.3 Å². The number of carboxylic acids is 1. The van der Waals surface area contributed by atoms with Crippen molar-refractivity contribution in [3.8, 4) is 0 Å². The summed E-state index contributed by atoms with van der Waals surface area (Å²) in [5.74, 6) is -0.817. The standard InChI is InChI=1S/C12H19N3O3S/c1-7(2)4-9(11(16)17)15-12(18)13-5-10-8(3)14-6-19-10/h6-7,9H,4-5H2,1-3H3,(H,16,17)(H2,13,15,18)/t9-/m1/s1. The number of amides is 2. The maximum atomic E-state index is 11.6. The van der Waals surface area contributed by atoms with Gasteiger partial charge in [-0.1, -0.05) is 13.8 Å². The highest BCUT2D eigenvalue weighted by molar-refractivity contribution is 7.09. The largest absolute Gasteiger partial charge is 0.480 e. The molecular weight excluding hydrogens is 266 g/mol. The Morgan fingerprint density at radius 2 is 2.16 bits per heavy atom. The third kappa shape index (κ3) is 5.25. The van der Waals surface area contributed by atoms with Gasteiger partial charge in [-0.2, -0.15) is 0 Å². The number of carbonyl (C=O) groups is 2. The van der Waals surface area contributed by atoms with Crippen LogP contribution in [0, 0.1) is 12.8 Å². The average molecular weight is 285 g/mol. The van der Waals surface area contributed by atoms with Crippen molar-refractivity contribution in [2.45, 2.75) is 39.8 Å². The number of hydrogen-bond donors (Lipinski definition) is 3. The molecule has 0 aromatic carbocycles. The Labute approximate surface area is 116 Å².